The largest absolute Gasteiger partial charge is 0.383 e. The molecule has 1 rings (SSSR count). The zero-order valence-corrected chi connectivity index (χ0v) is 20.1. The van der Waals surface area contributed by atoms with Crippen molar-refractivity contribution in [2.75, 3.05) is 103 Å². The van der Waals surface area contributed by atoms with Gasteiger partial charge < -0.3 is 44.8 Å². The van der Waals surface area contributed by atoms with E-state index in [9.17, 15) is 9.59 Å². The quantitative estimate of drug-likeness (QED) is 0.151. The molecule has 0 saturated heterocycles. The fourth-order valence-electron chi connectivity index (χ4n) is 2.62. The van der Waals surface area contributed by atoms with Crippen LogP contribution in [0.25, 0.3) is 0 Å². The van der Waals surface area contributed by atoms with Gasteiger partial charge in [-0.1, -0.05) is 0 Å². The second-order valence-electron chi connectivity index (χ2n) is 6.99. The summed E-state index contributed by atoms with van der Waals surface area (Å²) >= 11 is 0. The number of amides is 1. The number of anilines is 2. The van der Waals surface area contributed by atoms with Crippen LogP contribution in [0.3, 0.4) is 0 Å². The minimum Gasteiger partial charge on any atom is -0.383 e. The Kier molecular flexibility index (Phi) is 18.8. The van der Waals surface area contributed by atoms with Gasteiger partial charge in [0.25, 0.3) is 0 Å². The predicted octanol–water partition coefficient (Wildman–Crippen LogP) is 0.928. The van der Waals surface area contributed by atoms with Crippen LogP contribution in [0, 0.1) is 0 Å². The molecule has 11 nitrogen and oxygen atoms in total. The first kappa shape index (κ1) is 29.9. The maximum Gasteiger partial charge on any atom is 0.221 e. The Bertz CT molecular complexity index is 663. The second-order valence-corrected chi connectivity index (χ2v) is 6.99. The summed E-state index contributed by atoms with van der Waals surface area (Å²) in [5.74, 6) is -0.232. The average molecular weight is 486 g/mol. The fourth-order valence-corrected chi connectivity index (χ4v) is 2.62. The summed E-state index contributed by atoms with van der Waals surface area (Å²) in [7, 11) is 0. The highest BCUT2D eigenvalue weighted by Gasteiger charge is 2.05. The summed E-state index contributed by atoms with van der Waals surface area (Å²) in [6.45, 7) is 8.61. The molecule has 11 heteroatoms. The summed E-state index contributed by atoms with van der Waals surface area (Å²) in [5, 5.41) is 5.83. The Morgan fingerprint density at radius 1 is 0.794 bits per heavy atom. The van der Waals surface area contributed by atoms with Crippen LogP contribution in [-0.4, -0.2) is 105 Å². The number of benzene rings is 1. The van der Waals surface area contributed by atoms with E-state index in [1.165, 1.54) is 6.92 Å². The van der Waals surface area contributed by atoms with Gasteiger partial charge in [-0.2, -0.15) is 0 Å². The van der Waals surface area contributed by atoms with E-state index < -0.39 is 0 Å². The number of nitrogens with one attached hydrogen (secondary N) is 2. The molecule has 0 aliphatic carbocycles. The first-order chi connectivity index (χ1) is 16.7. The molecule has 0 fully saturated rings. The number of carbonyl (C=O) groups is 2. The third kappa shape index (κ3) is 16.5. The molecule has 0 heterocycles. The summed E-state index contributed by atoms with van der Waals surface area (Å²) in [5.41, 5.74) is 7.00. The third-order valence-electron chi connectivity index (χ3n) is 4.19. The van der Waals surface area contributed by atoms with Crippen molar-refractivity contribution >= 4 is 23.6 Å². The van der Waals surface area contributed by atoms with Crippen LogP contribution < -0.4 is 16.4 Å². The molecule has 1 aromatic rings. The molecule has 194 valence electrons. The Hall–Kier alpha value is -2.12. The van der Waals surface area contributed by atoms with Gasteiger partial charge in [0.15, 0.2) is 6.29 Å². The van der Waals surface area contributed by atoms with Gasteiger partial charge in [-0.3, -0.25) is 9.59 Å². The number of carbonyl (C=O) groups excluding carboxylic acids is 2. The van der Waals surface area contributed by atoms with Gasteiger partial charge in [-0.15, -0.1) is 0 Å². The Morgan fingerprint density at radius 3 is 1.71 bits per heavy atom. The lowest BCUT2D eigenvalue weighted by Gasteiger charge is -2.11. The van der Waals surface area contributed by atoms with Crippen LogP contribution in [0.5, 0.6) is 0 Å². The molecule has 0 saturated carbocycles. The fraction of sp³-hybridized carbons (Fsp3) is 0.652. The number of rotatable bonds is 23. The monoisotopic (exact) mass is 485 g/mol. The minimum absolute atomic E-state index is 0.232. The molecular formula is C23H39N3O8. The van der Waals surface area contributed by atoms with Crippen molar-refractivity contribution in [1.82, 2.24) is 0 Å². The zero-order chi connectivity index (χ0) is 24.7. The summed E-state index contributed by atoms with van der Waals surface area (Å²) in [6, 6.07) is 5.15. The van der Waals surface area contributed by atoms with Crippen LogP contribution >= 0.6 is 0 Å². The first-order valence-corrected chi connectivity index (χ1v) is 11.4. The number of hydrogen-bond acceptors (Lipinski definition) is 10. The van der Waals surface area contributed by atoms with E-state index in [2.05, 4.69) is 10.6 Å². The highest BCUT2D eigenvalue weighted by atomic mass is 16.6. The molecular weight excluding hydrogens is 446 g/mol. The van der Waals surface area contributed by atoms with Crippen LogP contribution in [0.1, 0.15) is 17.3 Å². The molecule has 34 heavy (non-hydrogen) atoms. The molecule has 0 aliphatic heterocycles. The van der Waals surface area contributed by atoms with Crippen molar-refractivity contribution in [2.45, 2.75) is 6.92 Å². The number of aldehydes is 1. The van der Waals surface area contributed by atoms with E-state index in [0.717, 1.165) is 5.69 Å². The lowest BCUT2D eigenvalue weighted by molar-refractivity contribution is -0.114. The zero-order valence-electron chi connectivity index (χ0n) is 20.1. The van der Waals surface area contributed by atoms with E-state index >= 15 is 0 Å². The average Bonchev–Trinajstić information content (AvgIpc) is 2.82. The maximum atomic E-state index is 11.2. The van der Waals surface area contributed by atoms with Crippen LogP contribution in [0.15, 0.2) is 18.2 Å². The highest BCUT2D eigenvalue weighted by Crippen LogP contribution is 2.19. The van der Waals surface area contributed by atoms with Crippen LogP contribution in [-0.2, 0) is 33.2 Å². The van der Waals surface area contributed by atoms with Crippen molar-refractivity contribution in [2.24, 2.45) is 5.73 Å². The summed E-state index contributed by atoms with van der Waals surface area (Å²) in [6.07, 6.45) is 0.707. The van der Waals surface area contributed by atoms with Crippen molar-refractivity contribution in [1.29, 1.82) is 0 Å². The van der Waals surface area contributed by atoms with Gasteiger partial charge in [0, 0.05) is 31.3 Å². The highest BCUT2D eigenvalue weighted by molar-refractivity contribution is 5.96. The minimum atomic E-state index is -0.232. The van der Waals surface area contributed by atoms with E-state index in [0.29, 0.717) is 110 Å². The van der Waals surface area contributed by atoms with Gasteiger partial charge in [-0.25, -0.2) is 0 Å². The molecule has 1 aromatic carbocycles. The van der Waals surface area contributed by atoms with Crippen molar-refractivity contribution in [3.63, 3.8) is 0 Å². The summed E-state index contributed by atoms with van der Waals surface area (Å²) in [4.78, 5) is 22.3. The van der Waals surface area contributed by atoms with Crippen LogP contribution in [0.4, 0.5) is 11.4 Å². The van der Waals surface area contributed by atoms with Crippen molar-refractivity contribution < 1.29 is 38.0 Å². The number of ether oxygens (including phenoxy) is 6. The maximum absolute atomic E-state index is 11.2. The Balaban J connectivity index is 1.87. The second kappa shape index (κ2) is 21.4. The molecule has 0 aliphatic rings. The van der Waals surface area contributed by atoms with Crippen LogP contribution in [0.2, 0.25) is 0 Å². The van der Waals surface area contributed by atoms with Gasteiger partial charge in [0.2, 0.25) is 5.91 Å². The molecule has 1 amide bonds. The Labute approximate surface area is 201 Å². The molecule has 0 bridgehead atoms. The number of hydrogen-bond donors (Lipinski definition) is 3. The first-order valence-electron chi connectivity index (χ1n) is 11.4. The molecule has 0 spiro atoms. The topological polar surface area (TPSA) is 140 Å². The van der Waals surface area contributed by atoms with E-state index in [4.69, 9.17) is 34.2 Å². The van der Waals surface area contributed by atoms with E-state index in [-0.39, 0.29) is 5.91 Å². The molecule has 0 atom stereocenters. The standard InChI is InChI=1S/C23H39N3O8/c1-20(28)26-23-18-22(3-2-21(23)19-27)25-5-7-30-9-11-32-13-15-34-17-16-33-14-12-31-10-8-29-6-4-24/h2-3,18-19,25H,4-17,24H2,1H3,(H,26,28). The van der Waals surface area contributed by atoms with Gasteiger partial charge in [-0.05, 0) is 18.2 Å². The smallest absolute Gasteiger partial charge is 0.221 e. The number of nitrogens with two attached hydrogens (primary N) is 1. The van der Waals surface area contributed by atoms with Gasteiger partial charge >= 0.3 is 0 Å². The Morgan fingerprint density at radius 2 is 1.26 bits per heavy atom. The molecule has 0 aromatic heterocycles. The van der Waals surface area contributed by atoms with E-state index in [1.54, 1.807) is 18.2 Å². The SMILES string of the molecule is CC(=O)Nc1cc(NCCOCCOCCOCCOCCOCCOCCN)ccc1C=O. The van der Waals surface area contributed by atoms with Crippen molar-refractivity contribution in [3.05, 3.63) is 23.8 Å². The molecule has 0 radical (unpaired) electrons. The van der Waals surface area contributed by atoms with Gasteiger partial charge in [0.05, 0.1) is 85.0 Å². The van der Waals surface area contributed by atoms with Gasteiger partial charge in [0.1, 0.15) is 0 Å². The predicted molar refractivity (Wildman–Crippen MR) is 129 cm³/mol. The van der Waals surface area contributed by atoms with E-state index in [1.807, 2.05) is 0 Å². The third-order valence-corrected chi connectivity index (χ3v) is 4.19. The molecule has 4 N–H and O–H groups in total. The lowest BCUT2D eigenvalue weighted by Crippen LogP contribution is -2.15. The lowest BCUT2D eigenvalue weighted by atomic mass is 10.1. The van der Waals surface area contributed by atoms with Crippen molar-refractivity contribution in [3.8, 4) is 0 Å². The summed E-state index contributed by atoms with van der Waals surface area (Å²) < 4.78 is 32.3. The molecule has 0 unspecified atom stereocenters. The normalized spacial score (nSPS) is 10.9.